The molecule has 0 spiro atoms. The summed E-state index contributed by atoms with van der Waals surface area (Å²) in [5.41, 5.74) is 1.11. The Hall–Kier alpha value is -1.33. The lowest BCUT2D eigenvalue weighted by Gasteiger charge is -2.24. The van der Waals surface area contributed by atoms with Crippen LogP contribution in [0.1, 0.15) is 31.1 Å². The second-order valence-electron chi connectivity index (χ2n) is 4.09. The first kappa shape index (κ1) is 10.7. The standard InChI is InChI=1S/C12H15NO/c1-9-6-4-5-7-10(9)11(14)12(2,3)8-13/h4-7,11,14H,1-3H3. The Labute approximate surface area is 84.8 Å². The van der Waals surface area contributed by atoms with Crippen molar-refractivity contribution in [1.82, 2.24) is 0 Å². The minimum absolute atomic E-state index is 0.728. The minimum atomic E-state index is -0.744. The molecular formula is C12H15NO. The second-order valence-corrected chi connectivity index (χ2v) is 4.09. The van der Waals surface area contributed by atoms with Crippen LogP contribution < -0.4 is 0 Å². The van der Waals surface area contributed by atoms with Gasteiger partial charge in [0.2, 0.25) is 0 Å². The van der Waals surface area contributed by atoms with E-state index in [1.165, 1.54) is 0 Å². The van der Waals surface area contributed by atoms with Crippen LogP contribution in [0.3, 0.4) is 0 Å². The highest BCUT2D eigenvalue weighted by molar-refractivity contribution is 5.30. The number of hydrogen-bond donors (Lipinski definition) is 1. The maximum absolute atomic E-state index is 10.0. The second kappa shape index (κ2) is 3.81. The maximum Gasteiger partial charge on any atom is 0.0973 e. The third kappa shape index (κ3) is 1.94. The molecule has 0 saturated carbocycles. The molecule has 74 valence electrons. The van der Waals surface area contributed by atoms with Crippen LogP contribution in [0.15, 0.2) is 24.3 Å². The fraction of sp³-hybridized carbons (Fsp3) is 0.417. The number of nitrogens with zero attached hydrogens (tertiary/aromatic N) is 1. The van der Waals surface area contributed by atoms with Crippen LogP contribution in [0.25, 0.3) is 0 Å². The Balaban J connectivity index is 3.08. The highest BCUT2D eigenvalue weighted by atomic mass is 16.3. The van der Waals surface area contributed by atoms with Gasteiger partial charge in [0.05, 0.1) is 17.6 Å². The molecule has 0 radical (unpaired) electrons. The molecule has 1 atom stereocenters. The molecule has 0 saturated heterocycles. The van der Waals surface area contributed by atoms with E-state index in [4.69, 9.17) is 5.26 Å². The summed E-state index contributed by atoms with van der Waals surface area (Å²) in [6.45, 7) is 5.42. The highest BCUT2D eigenvalue weighted by Gasteiger charge is 2.29. The molecular weight excluding hydrogens is 174 g/mol. The van der Waals surface area contributed by atoms with Gasteiger partial charge in [-0.05, 0) is 31.9 Å². The highest BCUT2D eigenvalue weighted by Crippen LogP contribution is 2.33. The Morgan fingerprint density at radius 1 is 1.36 bits per heavy atom. The van der Waals surface area contributed by atoms with Crippen molar-refractivity contribution >= 4 is 0 Å². The van der Waals surface area contributed by atoms with Crippen LogP contribution in [0, 0.1) is 23.7 Å². The molecule has 14 heavy (non-hydrogen) atoms. The molecule has 1 N–H and O–H groups in total. The Morgan fingerprint density at radius 3 is 2.43 bits per heavy atom. The van der Waals surface area contributed by atoms with E-state index < -0.39 is 11.5 Å². The van der Waals surface area contributed by atoms with E-state index in [-0.39, 0.29) is 0 Å². The number of rotatable bonds is 2. The van der Waals surface area contributed by atoms with Crippen molar-refractivity contribution in [2.75, 3.05) is 0 Å². The summed E-state index contributed by atoms with van der Waals surface area (Å²) < 4.78 is 0. The Kier molecular flexibility index (Phi) is 2.93. The molecule has 0 fully saturated rings. The normalized spacial score (nSPS) is 13.4. The van der Waals surface area contributed by atoms with Crippen LogP contribution in [-0.2, 0) is 0 Å². The first-order valence-electron chi connectivity index (χ1n) is 4.64. The predicted molar refractivity (Wildman–Crippen MR) is 55.5 cm³/mol. The molecule has 2 heteroatoms. The van der Waals surface area contributed by atoms with Crippen molar-refractivity contribution in [3.8, 4) is 6.07 Å². The van der Waals surface area contributed by atoms with E-state index in [9.17, 15) is 5.11 Å². The van der Waals surface area contributed by atoms with E-state index in [0.717, 1.165) is 11.1 Å². The molecule has 1 rings (SSSR count). The monoisotopic (exact) mass is 189 g/mol. The first-order chi connectivity index (χ1) is 6.49. The molecule has 0 aliphatic heterocycles. The van der Waals surface area contributed by atoms with E-state index in [0.29, 0.717) is 0 Å². The van der Waals surface area contributed by atoms with Crippen molar-refractivity contribution in [3.63, 3.8) is 0 Å². The van der Waals surface area contributed by atoms with E-state index in [1.807, 2.05) is 31.2 Å². The average Bonchev–Trinajstić information content (AvgIpc) is 2.17. The van der Waals surface area contributed by atoms with Crippen LogP contribution >= 0.6 is 0 Å². The van der Waals surface area contributed by atoms with Crippen molar-refractivity contribution in [1.29, 1.82) is 5.26 Å². The molecule has 0 amide bonds. The van der Waals surface area contributed by atoms with Gasteiger partial charge in [0.1, 0.15) is 0 Å². The largest absolute Gasteiger partial charge is 0.387 e. The van der Waals surface area contributed by atoms with E-state index in [2.05, 4.69) is 6.07 Å². The average molecular weight is 189 g/mol. The summed E-state index contributed by atoms with van der Waals surface area (Å²) in [5.74, 6) is 0. The minimum Gasteiger partial charge on any atom is -0.387 e. The quantitative estimate of drug-likeness (QED) is 0.777. The van der Waals surface area contributed by atoms with Gasteiger partial charge in [0.25, 0.3) is 0 Å². The lowest BCUT2D eigenvalue weighted by Crippen LogP contribution is -2.20. The van der Waals surface area contributed by atoms with Crippen LogP contribution in [0.4, 0.5) is 0 Å². The Morgan fingerprint density at radius 2 is 1.93 bits per heavy atom. The van der Waals surface area contributed by atoms with Gasteiger partial charge in [-0.3, -0.25) is 0 Å². The molecule has 0 aliphatic carbocycles. The molecule has 0 aromatic heterocycles. The molecule has 0 heterocycles. The van der Waals surface area contributed by atoms with Gasteiger partial charge in [-0.15, -0.1) is 0 Å². The zero-order valence-corrected chi connectivity index (χ0v) is 8.78. The van der Waals surface area contributed by atoms with Gasteiger partial charge < -0.3 is 5.11 Å². The zero-order valence-electron chi connectivity index (χ0n) is 8.78. The van der Waals surface area contributed by atoms with Crippen molar-refractivity contribution < 1.29 is 5.11 Å². The predicted octanol–water partition coefficient (Wildman–Crippen LogP) is 2.58. The number of aryl methyl sites for hydroxylation is 1. The lowest BCUT2D eigenvalue weighted by molar-refractivity contribution is 0.0862. The van der Waals surface area contributed by atoms with Crippen molar-refractivity contribution in [2.24, 2.45) is 5.41 Å². The van der Waals surface area contributed by atoms with E-state index in [1.54, 1.807) is 13.8 Å². The van der Waals surface area contributed by atoms with Crippen LogP contribution in [0.2, 0.25) is 0 Å². The summed E-state index contributed by atoms with van der Waals surface area (Å²) in [6.07, 6.45) is -0.728. The van der Waals surface area contributed by atoms with Crippen LogP contribution in [-0.4, -0.2) is 5.11 Å². The molecule has 1 aromatic carbocycles. The van der Waals surface area contributed by atoms with E-state index >= 15 is 0 Å². The maximum atomic E-state index is 10.0. The number of aliphatic hydroxyl groups excluding tert-OH is 1. The fourth-order valence-electron chi connectivity index (χ4n) is 1.34. The van der Waals surface area contributed by atoms with Crippen molar-refractivity contribution in [3.05, 3.63) is 35.4 Å². The molecule has 1 aromatic rings. The Bertz CT molecular complexity index is 363. The topological polar surface area (TPSA) is 44.0 Å². The molecule has 0 aliphatic rings. The number of hydrogen-bond acceptors (Lipinski definition) is 2. The summed E-state index contributed by atoms with van der Waals surface area (Å²) in [4.78, 5) is 0. The third-order valence-corrected chi connectivity index (χ3v) is 2.45. The third-order valence-electron chi connectivity index (χ3n) is 2.45. The van der Waals surface area contributed by atoms with Gasteiger partial charge in [0.15, 0.2) is 0 Å². The van der Waals surface area contributed by atoms with Crippen LogP contribution in [0.5, 0.6) is 0 Å². The first-order valence-corrected chi connectivity index (χ1v) is 4.64. The molecule has 1 unspecified atom stereocenters. The zero-order chi connectivity index (χ0) is 10.8. The lowest BCUT2D eigenvalue weighted by atomic mass is 9.83. The van der Waals surface area contributed by atoms with Gasteiger partial charge >= 0.3 is 0 Å². The SMILES string of the molecule is Cc1ccccc1C(O)C(C)(C)C#N. The summed E-state index contributed by atoms with van der Waals surface area (Å²) in [6, 6.07) is 9.71. The smallest absolute Gasteiger partial charge is 0.0973 e. The molecule has 2 nitrogen and oxygen atoms in total. The number of benzene rings is 1. The van der Waals surface area contributed by atoms with Gasteiger partial charge in [-0.25, -0.2) is 0 Å². The summed E-state index contributed by atoms with van der Waals surface area (Å²) >= 11 is 0. The summed E-state index contributed by atoms with van der Waals surface area (Å²) in [7, 11) is 0. The van der Waals surface area contributed by atoms with Gasteiger partial charge in [0, 0.05) is 0 Å². The summed E-state index contributed by atoms with van der Waals surface area (Å²) in [5, 5.41) is 18.9. The van der Waals surface area contributed by atoms with Crippen molar-refractivity contribution in [2.45, 2.75) is 26.9 Å². The van der Waals surface area contributed by atoms with Gasteiger partial charge in [-0.1, -0.05) is 24.3 Å². The number of nitriles is 1. The fourth-order valence-corrected chi connectivity index (χ4v) is 1.34. The number of aliphatic hydroxyl groups is 1. The molecule has 0 bridgehead atoms. The van der Waals surface area contributed by atoms with Gasteiger partial charge in [-0.2, -0.15) is 5.26 Å².